The minimum absolute atomic E-state index is 0.143. The number of hydrogen-bond donors (Lipinski definition) is 0. The summed E-state index contributed by atoms with van der Waals surface area (Å²) in [5, 5.41) is 1.91. The Bertz CT molecular complexity index is 1020. The summed E-state index contributed by atoms with van der Waals surface area (Å²) in [5.41, 5.74) is 4.81. The van der Waals surface area contributed by atoms with Gasteiger partial charge in [-0.2, -0.15) is 0 Å². The fourth-order valence-electron chi connectivity index (χ4n) is 4.61. The summed E-state index contributed by atoms with van der Waals surface area (Å²) in [6.45, 7) is 0.872. The van der Waals surface area contributed by atoms with E-state index in [4.69, 9.17) is 11.6 Å². The maximum Gasteiger partial charge on any atom is 0.226 e. The highest BCUT2D eigenvalue weighted by atomic mass is 35.5. The van der Waals surface area contributed by atoms with E-state index in [9.17, 15) is 4.79 Å². The Hall–Kier alpha value is -2.26. The molecule has 3 nitrogen and oxygen atoms in total. The van der Waals surface area contributed by atoms with Crippen molar-refractivity contribution in [2.24, 2.45) is 13.0 Å². The molecule has 1 atom stereocenters. The maximum absolute atomic E-state index is 12.9. The zero-order valence-electron chi connectivity index (χ0n) is 15.5. The second kappa shape index (κ2) is 6.42. The molecule has 2 fully saturated rings. The Balaban J connectivity index is 1.73. The highest BCUT2D eigenvalue weighted by Gasteiger charge is 2.40. The Labute approximate surface area is 164 Å². The predicted molar refractivity (Wildman–Crippen MR) is 110 cm³/mol. The van der Waals surface area contributed by atoms with Gasteiger partial charge in [-0.25, -0.2) is 0 Å². The molecule has 1 unspecified atom stereocenters. The topological polar surface area (TPSA) is 25.2 Å². The molecular formula is C23H23ClN2O. The highest BCUT2D eigenvalue weighted by molar-refractivity contribution is 6.31. The van der Waals surface area contributed by atoms with E-state index in [1.165, 1.54) is 22.3 Å². The van der Waals surface area contributed by atoms with E-state index in [0.29, 0.717) is 5.91 Å². The third-order valence-electron chi connectivity index (χ3n) is 6.05. The molecule has 1 amide bonds. The van der Waals surface area contributed by atoms with Crippen LogP contribution in [0.5, 0.6) is 0 Å². The molecule has 1 aliphatic heterocycles. The summed E-state index contributed by atoms with van der Waals surface area (Å²) in [7, 11) is 2.12. The number of rotatable bonds is 3. The van der Waals surface area contributed by atoms with Crippen molar-refractivity contribution >= 4 is 28.4 Å². The van der Waals surface area contributed by atoms with Crippen molar-refractivity contribution in [3.05, 3.63) is 59.2 Å². The molecular weight excluding hydrogens is 356 g/mol. The summed E-state index contributed by atoms with van der Waals surface area (Å²) in [5.74, 6) is 0.606. The lowest BCUT2D eigenvalue weighted by atomic mass is 9.97. The van der Waals surface area contributed by atoms with Crippen LogP contribution in [0.25, 0.3) is 22.0 Å². The monoisotopic (exact) mass is 378 g/mol. The Morgan fingerprint density at radius 1 is 1.07 bits per heavy atom. The molecule has 0 bridgehead atoms. The number of nitrogens with zero attached hydrogens (tertiary/aromatic N) is 2. The van der Waals surface area contributed by atoms with Crippen molar-refractivity contribution in [3.8, 4) is 11.1 Å². The Morgan fingerprint density at radius 2 is 1.85 bits per heavy atom. The third-order valence-corrected chi connectivity index (χ3v) is 6.28. The zero-order chi connectivity index (χ0) is 18.5. The van der Waals surface area contributed by atoms with E-state index in [1.54, 1.807) is 0 Å². The number of fused-ring (bicyclic) bond motifs is 1. The number of aryl methyl sites for hydroxylation is 1. The summed E-state index contributed by atoms with van der Waals surface area (Å²) < 4.78 is 2.27. The summed E-state index contributed by atoms with van der Waals surface area (Å²) >= 11 is 6.35. The first-order chi connectivity index (χ1) is 13.1. The van der Waals surface area contributed by atoms with Crippen LogP contribution in [0.2, 0.25) is 5.02 Å². The smallest absolute Gasteiger partial charge is 0.226 e. The van der Waals surface area contributed by atoms with Crippen LogP contribution >= 0.6 is 11.6 Å². The first-order valence-electron chi connectivity index (χ1n) is 9.79. The Kier molecular flexibility index (Phi) is 4.01. The van der Waals surface area contributed by atoms with Crippen LogP contribution in [-0.4, -0.2) is 21.9 Å². The van der Waals surface area contributed by atoms with Crippen LogP contribution in [-0.2, 0) is 11.8 Å². The average Bonchev–Trinajstić information content (AvgIpc) is 3.36. The van der Waals surface area contributed by atoms with E-state index < -0.39 is 0 Å². The number of halogens is 1. The number of likely N-dealkylation sites (tertiary alicyclic amines) is 1. The van der Waals surface area contributed by atoms with Crippen LogP contribution in [0.15, 0.2) is 48.5 Å². The summed E-state index contributed by atoms with van der Waals surface area (Å²) in [4.78, 5) is 15.1. The van der Waals surface area contributed by atoms with Crippen molar-refractivity contribution in [2.75, 3.05) is 6.54 Å². The molecule has 4 heteroatoms. The number of aromatic nitrogens is 1. The molecule has 2 heterocycles. The number of hydrogen-bond acceptors (Lipinski definition) is 1. The molecule has 1 saturated heterocycles. The SMILES string of the molecule is Cn1c(C2CCCN2C(=O)C2CC2)c(-c2ccccc2)c2cc(Cl)ccc21. The lowest BCUT2D eigenvalue weighted by molar-refractivity contribution is -0.133. The highest BCUT2D eigenvalue weighted by Crippen LogP contribution is 2.45. The number of carbonyl (C=O) groups is 1. The minimum atomic E-state index is 0.143. The third kappa shape index (κ3) is 2.76. The molecule has 0 radical (unpaired) electrons. The molecule has 2 aliphatic rings. The van der Waals surface area contributed by atoms with Crippen LogP contribution in [0.4, 0.5) is 0 Å². The second-order valence-electron chi connectivity index (χ2n) is 7.81. The maximum atomic E-state index is 12.9. The number of amides is 1. The first kappa shape index (κ1) is 16.9. The van der Waals surface area contributed by atoms with E-state index in [2.05, 4.69) is 52.9 Å². The standard InChI is InChI=1S/C23H23ClN2O/c1-25-19-12-11-17(24)14-18(19)21(15-6-3-2-4-7-15)22(25)20-8-5-13-26(20)23(27)16-9-10-16/h2-4,6-7,11-12,14,16,20H,5,8-10,13H2,1H3. The predicted octanol–water partition coefficient (Wildman–Crippen LogP) is 5.57. The molecule has 1 aromatic heterocycles. The molecule has 1 aliphatic carbocycles. The van der Waals surface area contributed by atoms with Crippen molar-refractivity contribution in [1.82, 2.24) is 9.47 Å². The fourth-order valence-corrected chi connectivity index (χ4v) is 4.79. The lowest BCUT2D eigenvalue weighted by Crippen LogP contribution is -2.32. The van der Waals surface area contributed by atoms with Gasteiger partial charge in [0, 0.05) is 46.7 Å². The number of carbonyl (C=O) groups excluding carboxylic acids is 1. The molecule has 0 spiro atoms. The molecule has 3 aromatic rings. The lowest BCUT2D eigenvalue weighted by Gasteiger charge is -2.27. The molecule has 27 heavy (non-hydrogen) atoms. The first-order valence-corrected chi connectivity index (χ1v) is 10.2. The average molecular weight is 379 g/mol. The van der Waals surface area contributed by atoms with Gasteiger partial charge in [0.1, 0.15) is 0 Å². The van der Waals surface area contributed by atoms with Crippen LogP contribution < -0.4 is 0 Å². The van der Waals surface area contributed by atoms with Crippen molar-refractivity contribution in [2.45, 2.75) is 31.7 Å². The zero-order valence-corrected chi connectivity index (χ0v) is 16.2. The van der Waals surface area contributed by atoms with E-state index >= 15 is 0 Å². The van der Waals surface area contributed by atoms with Gasteiger partial charge < -0.3 is 9.47 Å². The van der Waals surface area contributed by atoms with Crippen molar-refractivity contribution in [3.63, 3.8) is 0 Å². The van der Waals surface area contributed by atoms with Gasteiger partial charge in [-0.15, -0.1) is 0 Å². The van der Waals surface area contributed by atoms with Crippen LogP contribution in [0.3, 0.4) is 0 Å². The van der Waals surface area contributed by atoms with Crippen LogP contribution in [0.1, 0.15) is 37.4 Å². The largest absolute Gasteiger partial charge is 0.345 e. The summed E-state index contributed by atoms with van der Waals surface area (Å²) in [6.07, 6.45) is 4.20. The van der Waals surface area contributed by atoms with Crippen LogP contribution in [0, 0.1) is 5.92 Å². The van der Waals surface area contributed by atoms with Gasteiger partial charge in [0.15, 0.2) is 0 Å². The van der Waals surface area contributed by atoms with Gasteiger partial charge in [0.2, 0.25) is 5.91 Å². The van der Waals surface area contributed by atoms with E-state index in [0.717, 1.165) is 42.6 Å². The minimum Gasteiger partial charge on any atom is -0.345 e. The van der Waals surface area contributed by atoms with Gasteiger partial charge in [-0.1, -0.05) is 41.9 Å². The van der Waals surface area contributed by atoms with E-state index in [-0.39, 0.29) is 12.0 Å². The molecule has 0 N–H and O–H groups in total. The normalized spacial score (nSPS) is 19.8. The fraction of sp³-hybridized carbons (Fsp3) is 0.348. The number of benzene rings is 2. The van der Waals surface area contributed by atoms with Gasteiger partial charge in [0.05, 0.1) is 6.04 Å². The van der Waals surface area contributed by atoms with E-state index in [1.807, 2.05) is 12.1 Å². The van der Waals surface area contributed by atoms with Crippen molar-refractivity contribution in [1.29, 1.82) is 0 Å². The van der Waals surface area contributed by atoms with Gasteiger partial charge in [-0.05, 0) is 49.4 Å². The molecule has 1 saturated carbocycles. The van der Waals surface area contributed by atoms with Gasteiger partial charge in [-0.3, -0.25) is 4.79 Å². The van der Waals surface area contributed by atoms with Gasteiger partial charge in [0.25, 0.3) is 0 Å². The summed E-state index contributed by atoms with van der Waals surface area (Å²) in [6, 6.07) is 16.7. The van der Waals surface area contributed by atoms with Crippen molar-refractivity contribution < 1.29 is 4.79 Å². The molecule has 5 rings (SSSR count). The second-order valence-corrected chi connectivity index (χ2v) is 8.25. The Morgan fingerprint density at radius 3 is 2.59 bits per heavy atom. The molecule has 138 valence electrons. The van der Waals surface area contributed by atoms with Gasteiger partial charge >= 0.3 is 0 Å². The quantitative estimate of drug-likeness (QED) is 0.584. The molecule has 2 aromatic carbocycles.